The molecule has 0 atom stereocenters. The summed E-state index contributed by atoms with van der Waals surface area (Å²) < 4.78 is 11.2. The van der Waals surface area contributed by atoms with Gasteiger partial charge in [0.25, 0.3) is 5.91 Å². The zero-order chi connectivity index (χ0) is 16.8. The van der Waals surface area contributed by atoms with Gasteiger partial charge in [0.2, 0.25) is 0 Å². The molecule has 0 radical (unpaired) electrons. The third-order valence-corrected chi connectivity index (χ3v) is 4.04. The molecule has 1 N–H and O–H groups in total. The summed E-state index contributed by atoms with van der Waals surface area (Å²) in [6, 6.07) is 13.3. The SMILES string of the molecule is CCCCc1ccc(NC(=O)c2ccc3c(c2)OCCCO3)cc1. The van der Waals surface area contributed by atoms with Crippen LogP contribution in [-0.4, -0.2) is 19.1 Å². The first-order valence-corrected chi connectivity index (χ1v) is 8.56. The summed E-state index contributed by atoms with van der Waals surface area (Å²) in [7, 11) is 0. The van der Waals surface area contributed by atoms with Gasteiger partial charge in [-0.05, 0) is 48.7 Å². The molecule has 3 rings (SSSR count). The van der Waals surface area contributed by atoms with E-state index < -0.39 is 0 Å². The molecule has 4 heteroatoms. The smallest absolute Gasteiger partial charge is 0.255 e. The first-order chi connectivity index (χ1) is 11.8. The van der Waals surface area contributed by atoms with Crippen LogP contribution in [0.1, 0.15) is 42.1 Å². The molecule has 0 spiro atoms. The highest BCUT2D eigenvalue weighted by Crippen LogP contribution is 2.30. The largest absolute Gasteiger partial charge is 0.490 e. The minimum Gasteiger partial charge on any atom is -0.490 e. The molecular weight excluding hydrogens is 302 g/mol. The standard InChI is InChI=1S/C20H23NO3/c1-2-3-5-15-6-9-17(10-7-15)21-20(22)16-8-11-18-19(14-16)24-13-4-12-23-18/h6-11,14H,2-5,12-13H2,1H3,(H,21,22). The number of carbonyl (C=O) groups is 1. The molecule has 2 aromatic rings. The Bertz CT molecular complexity index is 695. The van der Waals surface area contributed by atoms with Crippen LogP contribution in [0.4, 0.5) is 5.69 Å². The lowest BCUT2D eigenvalue weighted by Gasteiger charge is -2.10. The van der Waals surface area contributed by atoms with Gasteiger partial charge in [-0.1, -0.05) is 25.5 Å². The maximum atomic E-state index is 12.4. The Hall–Kier alpha value is -2.49. The third kappa shape index (κ3) is 4.07. The summed E-state index contributed by atoms with van der Waals surface area (Å²) in [5.74, 6) is 1.19. The topological polar surface area (TPSA) is 47.6 Å². The van der Waals surface area contributed by atoms with Gasteiger partial charge in [0, 0.05) is 17.7 Å². The molecule has 2 aromatic carbocycles. The molecule has 0 saturated carbocycles. The van der Waals surface area contributed by atoms with Gasteiger partial charge in [-0.2, -0.15) is 0 Å². The van der Waals surface area contributed by atoms with Crippen LogP contribution in [0, 0.1) is 0 Å². The Kier molecular flexibility index (Phi) is 5.36. The highest BCUT2D eigenvalue weighted by atomic mass is 16.5. The number of fused-ring (bicyclic) bond motifs is 1. The molecule has 1 aliphatic rings. The summed E-state index contributed by atoms with van der Waals surface area (Å²) in [6.07, 6.45) is 4.29. The summed E-state index contributed by atoms with van der Waals surface area (Å²) in [6.45, 7) is 3.43. The molecule has 1 amide bonds. The minimum atomic E-state index is -0.146. The van der Waals surface area contributed by atoms with Gasteiger partial charge in [-0.3, -0.25) is 4.79 Å². The van der Waals surface area contributed by atoms with E-state index in [1.165, 1.54) is 18.4 Å². The van der Waals surface area contributed by atoms with Gasteiger partial charge in [0.05, 0.1) is 13.2 Å². The van der Waals surface area contributed by atoms with Gasteiger partial charge in [0.15, 0.2) is 11.5 Å². The van der Waals surface area contributed by atoms with Gasteiger partial charge < -0.3 is 14.8 Å². The quantitative estimate of drug-likeness (QED) is 0.884. The maximum absolute atomic E-state index is 12.4. The fourth-order valence-corrected chi connectivity index (χ4v) is 2.64. The second kappa shape index (κ2) is 7.86. The summed E-state index contributed by atoms with van der Waals surface area (Å²) in [5, 5.41) is 2.93. The molecule has 0 aromatic heterocycles. The molecule has 0 unspecified atom stereocenters. The van der Waals surface area contributed by atoms with Crippen LogP contribution in [0.2, 0.25) is 0 Å². The Labute approximate surface area is 142 Å². The number of hydrogen-bond acceptors (Lipinski definition) is 3. The van der Waals surface area contributed by atoms with E-state index in [1.54, 1.807) is 18.2 Å². The number of ether oxygens (including phenoxy) is 2. The monoisotopic (exact) mass is 325 g/mol. The fraction of sp³-hybridized carbons (Fsp3) is 0.350. The molecule has 24 heavy (non-hydrogen) atoms. The van der Waals surface area contributed by atoms with Crippen LogP contribution in [0.25, 0.3) is 0 Å². The van der Waals surface area contributed by atoms with E-state index >= 15 is 0 Å². The van der Waals surface area contributed by atoms with Crippen molar-refractivity contribution in [2.75, 3.05) is 18.5 Å². The number of hydrogen-bond donors (Lipinski definition) is 1. The second-order valence-corrected chi connectivity index (χ2v) is 5.97. The van der Waals surface area contributed by atoms with Gasteiger partial charge >= 0.3 is 0 Å². The predicted octanol–water partition coefficient (Wildman–Crippen LogP) is 4.44. The molecule has 1 aliphatic heterocycles. The zero-order valence-corrected chi connectivity index (χ0v) is 14.0. The Morgan fingerprint density at radius 1 is 1.04 bits per heavy atom. The van der Waals surface area contributed by atoms with Crippen LogP contribution >= 0.6 is 0 Å². The lowest BCUT2D eigenvalue weighted by atomic mass is 10.1. The van der Waals surface area contributed by atoms with Crippen molar-refractivity contribution in [1.29, 1.82) is 0 Å². The van der Waals surface area contributed by atoms with Crippen molar-refractivity contribution in [2.24, 2.45) is 0 Å². The van der Waals surface area contributed by atoms with Crippen molar-refractivity contribution in [3.05, 3.63) is 53.6 Å². The van der Waals surface area contributed by atoms with Crippen LogP contribution in [0.5, 0.6) is 11.5 Å². The maximum Gasteiger partial charge on any atom is 0.255 e. The number of amides is 1. The van der Waals surface area contributed by atoms with Crippen LogP contribution in [0.15, 0.2) is 42.5 Å². The first kappa shape index (κ1) is 16.4. The molecule has 0 saturated heterocycles. The lowest BCUT2D eigenvalue weighted by molar-refractivity contribution is 0.102. The number of benzene rings is 2. The number of anilines is 1. The number of carbonyl (C=O) groups excluding carboxylic acids is 1. The fourth-order valence-electron chi connectivity index (χ4n) is 2.64. The molecule has 0 aliphatic carbocycles. The van der Waals surface area contributed by atoms with E-state index in [9.17, 15) is 4.79 Å². The summed E-state index contributed by atoms with van der Waals surface area (Å²) >= 11 is 0. The first-order valence-electron chi connectivity index (χ1n) is 8.56. The normalized spacial score (nSPS) is 13.2. The zero-order valence-electron chi connectivity index (χ0n) is 14.0. The van der Waals surface area contributed by atoms with Gasteiger partial charge in [-0.15, -0.1) is 0 Å². The Balaban J connectivity index is 1.67. The van der Waals surface area contributed by atoms with Crippen LogP contribution < -0.4 is 14.8 Å². The van der Waals surface area contributed by atoms with Crippen molar-refractivity contribution in [2.45, 2.75) is 32.6 Å². The third-order valence-electron chi connectivity index (χ3n) is 4.04. The van der Waals surface area contributed by atoms with Gasteiger partial charge in [-0.25, -0.2) is 0 Å². The minimum absolute atomic E-state index is 0.146. The highest BCUT2D eigenvalue weighted by molar-refractivity contribution is 6.04. The van der Waals surface area contributed by atoms with Crippen LogP contribution in [-0.2, 0) is 6.42 Å². The molecule has 0 bridgehead atoms. The predicted molar refractivity (Wildman–Crippen MR) is 95.1 cm³/mol. The van der Waals surface area contributed by atoms with E-state index in [-0.39, 0.29) is 5.91 Å². The van der Waals surface area contributed by atoms with Crippen molar-refractivity contribution < 1.29 is 14.3 Å². The van der Waals surface area contributed by atoms with Crippen molar-refractivity contribution in [1.82, 2.24) is 0 Å². The Morgan fingerprint density at radius 3 is 2.54 bits per heavy atom. The number of rotatable bonds is 5. The average molecular weight is 325 g/mol. The van der Waals surface area contributed by atoms with Crippen molar-refractivity contribution in [3.63, 3.8) is 0 Å². The lowest BCUT2D eigenvalue weighted by Crippen LogP contribution is -2.12. The van der Waals surface area contributed by atoms with E-state index in [0.717, 1.165) is 18.5 Å². The molecule has 4 nitrogen and oxygen atoms in total. The molecular formula is C20H23NO3. The van der Waals surface area contributed by atoms with E-state index in [1.807, 2.05) is 12.1 Å². The van der Waals surface area contributed by atoms with E-state index in [0.29, 0.717) is 30.3 Å². The second-order valence-electron chi connectivity index (χ2n) is 5.97. The van der Waals surface area contributed by atoms with Crippen LogP contribution in [0.3, 0.4) is 0 Å². The number of aryl methyl sites for hydroxylation is 1. The van der Waals surface area contributed by atoms with Crippen molar-refractivity contribution in [3.8, 4) is 11.5 Å². The number of nitrogens with one attached hydrogen (secondary N) is 1. The van der Waals surface area contributed by atoms with E-state index in [4.69, 9.17) is 9.47 Å². The molecule has 0 fully saturated rings. The van der Waals surface area contributed by atoms with Gasteiger partial charge in [0.1, 0.15) is 0 Å². The molecule has 126 valence electrons. The molecule has 1 heterocycles. The summed E-state index contributed by atoms with van der Waals surface area (Å²) in [5.41, 5.74) is 2.66. The summed E-state index contributed by atoms with van der Waals surface area (Å²) in [4.78, 5) is 12.4. The average Bonchev–Trinajstić information content (AvgIpc) is 2.85. The number of unbranched alkanes of at least 4 members (excludes halogenated alkanes) is 1. The van der Waals surface area contributed by atoms with E-state index in [2.05, 4.69) is 24.4 Å². The van der Waals surface area contributed by atoms with Crippen molar-refractivity contribution >= 4 is 11.6 Å². The Morgan fingerprint density at radius 2 is 1.79 bits per heavy atom. The highest BCUT2D eigenvalue weighted by Gasteiger charge is 2.14.